The van der Waals surface area contributed by atoms with Crippen LogP contribution >= 0.6 is 12.2 Å². The number of thiocarbonyl (C=S) groups is 1. The minimum absolute atomic E-state index is 0.0480. The average molecular weight is 274 g/mol. The summed E-state index contributed by atoms with van der Waals surface area (Å²) >= 11 is 5.16. The lowest BCUT2D eigenvalue weighted by molar-refractivity contribution is 0.415. The first-order valence-electron chi connectivity index (χ1n) is 6.12. The molecule has 0 saturated heterocycles. The van der Waals surface area contributed by atoms with Crippen LogP contribution < -0.4 is 10.5 Å². The summed E-state index contributed by atoms with van der Waals surface area (Å²) in [5, 5.41) is 0.930. The number of benzene rings is 1. The van der Waals surface area contributed by atoms with Gasteiger partial charge in [0.1, 0.15) is 10.7 Å². The molecule has 0 fully saturated rings. The molecule has 1 heterocycles. The zero-order chi connectivity index (χ0) is 14.2. The molecule has 0 spiro atoms. The second-order valence-electron chi connectivity index (χ2n) is 5.55. The highest BCUT2D eigenvalue weighted by Gasteiger charge is 2.18. The van der Waals surface area contributed by atoms with Gasteiger partial charge in [-0.05, 0) is 24.3 Å². The molecule has 4 heteroatoms. The lowest BCUT2D eigenvalue weighted by Gasteiger charge is -2.20. The van der Waals surface area contributed by atoms with Gasteiger partial charge in [0.15, 0.2) is 0 Å². The zero-order valence-electron chi connectivity index (χ0n) is 11.7. The minimum Gasteiger partial charge on any atom is -0.497 e. The molecule has 3 nitrogen and oxygen atoms in total. The predicted molar refractivity (Wildman–Crippen MR) is 82.9 cm³/mol. The number of nitrogens with zero attached hydrogens (tertiary/aromatic N) is 1. The molecule has 1 aromatic heterocycles. The maximum Gasteiger partial charge on any atom is 0.119 e. The largest absolute Gasteiger partial charge is 0.497 e. The fourth-order valence-electron chi connectivity index (χ4n) is 1.92. The Morgan fingerprint density at radius 2 is 1.95 bits per heavy atom. The number of pyridine rings is 1. The van der Waals surface area contributed by atoms with Crippen LogP contribution in [0.5, 0.6) is 5.75 Å². The quantitative estimate of drug-likeness (QED) is 0.855. The van der Waals surface area contributed by atoms with Crippen LogP contribution in [0.15, 0.2) is 24.3 Å². The van der Waals surface area contributed by atoms with Crippen molar-refractivity contribution in [3.8, 4) is 5.75 Å². The molecule has 19 heavy (non-hydrogen) atoms. The van der Waals surface area contributed by atoms with E-state index in [2.05, 4.69) is 20.8 Å². The normalized spacial score (nSPS) is 11.6. The minimum atomic E-state index is -0.0480. The number of rotatable bonds is 2. The number of fused-ring (bicyclic) bond motifs is 1. The molecule has 2 rings (SSSR count). The van der Waals surface area contributed by atoms with Crippen molar-refractivity contribution >= 4 is 28.1 Å². The van der Waals surface area contributed by atoms with Crippen molar-refractivity contribution in [3.63, 3.8) is 0 Å². The Labute approximate surface area is 118 Å². The molecule has 2 aromatic rings. The van der Waals surface area contributed by atoms with Crippen molar-refractivity contribution in [2.75, 3.05) is 7.11 Å². The Morgan fingerprint density at radius 3 is 2.47 bits per heavy atom. The Bertz CT molecular complexity index is 644. The van der Waals surface area contributed by atoms with Crippen LogP contribution in [0.4, 0.5) is 0 Å². The van der Waals surface area contributed by atoms with Crippen molar-refractivity contribution in [2.45, 2.75) is 26.2 Å². The van der Waals surface area contributed by atoms with Gasteiger partial charge in [-0.2, -0.15) is 0 Å². The average Bonchev–Trinajstić information content (AvgIpc) is 2.35. The second kappa shape index (κ2) is 4.78. The first-order chi connectivity index (χ1) is 8.82. The summed E-state index contributed by atoms with van der Waals surface area (Å²) in [6.45, 7) is 6.36. The number of hydrogen-bond acceptors (Lipinski definition) is 3. The number of ether oxygens (including phenoxy) is 1. The van der Waals surface area contributed by atoms with Gasteiger partial charge in [0.05, 0.1) is 12.6 Å². The van der Waals surface area contributed by atoms with E-state index < -0.39 is 0 Å². The van der Waals surface area contributed by atoms with Gasteiger partial charge in [0, 0.05) is 22.1 Å². The SMILES string of the molecule is COc1ccc2nc(C(C)(C)C)cc(C(N)=S)c2c1. The van der Waals surface area contributed by atoms with Gasteiger partial charge in [0.2, 0.25) is 0 Å². The van der Waals surface area contributed by atoms with Gasteiger partial charge in [-0.25, -0.2) is 0 Å². The fraction of sp³-hybridized carbons (Fsp3) is 0.333. The number of aromatic nitrogens is 1. The fourth-order valence-corrected chi connectivity index (χ4v) is 2.09. The van der Waals surface area contributed by atoms with E-state index in [0.29, 0.717) is 4.99 Å². The summed E-state index contributed by atoms with van der Waals surface area (Å²) < 4.78 is 5.24. The maximum atomic E-state index is 5.85. The molecule has 0 radical (unpaired) electrons. The van der Waals surface area contributed by atoms with Crippen molar-refractivity contribution in [1.29, 1.82) is 0 Å². The van der Waals surface area contributed by atoms with Crippen molar-refractivity contribution in [1.82, 2.24) is 4.98 Å². The maximum absolute atomic E-state index is 5.85. The molecular formula is C15H18N2OS. The molecule has 0 aliphatic heterocycles. The molecule has 0 aliphatic carbocycles. The molecule has 0 amide bonds. The van der Waals surface area contributed by atoms with E-state index in [0.717, 1.165) is 27.9 Å². The van der Waals surface area contributed by atoms with Gasteiger partial charge < -0.3 is 10.5 Å². The number of nitrogens with two attached hydrogens (primary N) is 1. The van der Waals surface area contributed by atoms with Gasteiger partial charge in [-0.3, -0.25) is 4.98 Å². The van der Waals surface area contributed by atoms with E-state index in [1.54, 1.807) is 7.11 Å². The molecule has 0 aliphatic rings. The topological polar surface area (TPSA) is 48.1 Å². The molecule has 1 aromatic carbocycles. The van der Waals surface area contributed by atoms with Crippen LogP contribution in [0.25, 0.3) is 10.9 Å². The van der Waals surface area contributed by atoms with E-state index in [-0.39, 0.29) is 5.41 Å². The van der Waals surface area contributed by atoms with Crippen molar-refractivity contribution < 1.29 is 4.74 Å². The molecule has 0 bridgehead atoms. The van der Waals surface area contributed by atoms with E-state index in [4.69, 9.17) is 27.7 Å². The summed E-state index contributed by atoms with van der Waals surface area (Å²) in [5.74, 6) is 0.773. The summed E-state index contributed by atoms with van der Waals surface area (Å²) in [6.07, 6.45) is 0. The number of hydrogen-bond donors (Lipinski definition) is 1. The van der Waals surface area contributed by atoms with E-state index in [1.807, 2.05) is 24.3 Å². The van der Waals surface area contributed by atoms with E-state index in [1.165, 1.54) is 0 Å². The van der Waals surface area contributed by atoms with Gasteiger partial charge >= 0.3 is 0 Å². The van der Waals surface area contributed by atoms with Crippen LogP contribution in [0, 0.1) is 0 Å². The molecule has 0 saturated carbocycles. The predicted octanol–water partition coefficient (Wildman–Crippen LogP) is 3.18. The third-order valence-electron chi connectivity index (χ3n) is 3.05. The van der Waals surface area contributed by atoms with Crippen LogP contribution in [0.2, 0.25) is 0 Å². The third-order valence-corrected chi connectivity index (χ3v) is 3.27. The molecule has 100 valence electrons. The lowest BCUT2D eigenvalue weighted by atomic mass is 9.90. The first kappa shape index (κ1) is 13.7. The lowest BCUT2D eigenvalue weighted by Crippen LogP contribution is -2.17. The summed E-state index contributed by atoms with van der Waals surface area (Å²) in [7, 11) is 1.64. The highest BCUT2D eigenvalue weighted by Crippen LogP contribution is 2.28. The van der Waals surface area contributed by atoms with Crippen LogP contribution in [-0.4, -0.2) is 17.1 Å². The van der Waals surface area contributed by atoms with E-state index in [9.17, 15) is 0 Å². The Hall–Kier alpha value is -1.68. The summed E-state index contributed by atoms with van der Waals surface area (Å²) in [5.41, 5.74) is 8.51. The molecule has 0 unspecified atom stereocenters. The third kappa shape index (κ3) is 2.68. The van der Waals surface area contributed by atoms with Gasteiger partial charge in [-0.1, -0.05) is 33.0 Å². The highest BCUT2D eigenvalue weighted by molar-refractivity contribution is 7.80. The molecular weight excluding hydrogens is 256 g/mol. The van der Waals surface area contributed by atoms with Crippen molar-refractivity contribution in [2.24, 2.45) is 5.73 Å². The van der Waals surface area contributed by atoms with Crippen molar-refractivity contribution in [3.05, 3.63) is 35.5 Å². The van der Waals surface area contributed by atoms with Gasteiger partial charge in [-0.15, -0.1) is 0 Å². The standard InChI is InChI=1S/C15H18N2OS/c1-15(2,3)13-8-11(14(16)19)10-7-9(18-4)5-6-12(10)17-13/h5-8H,1-4H3,(H2,16,19). The molecule has 0 atom stereocenters. The zero-order valence-corrected chi connectivity index (χ0v) is 12.5. The smallest absolute Gasteiger partial charge is 0.119 e. The molecule has 2 N–H and O–H groups in total. The van der Waals surface area contributed by atoms with Crippen LogP contribution in [-0.2, 0) is 5.41 Å². The first-order valence-corrected chi connectivity index (χ1v) is 6.53. The monoisotopic (exact) mass is 274 g/mol. The summed E-state index contributed by atoms with van der Waals surface area (Å²) in [4.78, 5) is 5.07. The Morgan fingerprint density at radius 1 is 1.26 bits per heavy atom. The summed E-state index contributed by atoms with van der Waals surface area (Å²) in [6, 6.07) is 7.73. The van der Waals surface area contributed by atoms with Gasteiger partial charge in [0.25, 0.3) is 0 Å². The van der Waals surface area contributed by atoms with E-state index >= 15 is 0 Å². The number of methoxy groups -OCH3 is 1. The van der Waals surface area contributed by atoms with Crippen LogP contribution in [0.1, 0.15) is 32.0 Å². The second-order valence-corrected chi connectivity index (χ2v) is 5.99. The van der Waals surface area contributed by atoms with Crippen LogP contribution in [0.3, 0.4) is 0 Å². The Balaban J connectivity index is 2.79. The highest BCUT2D eigenvalue weighted by atomic mass is 32.1. The Kier molecular flexibility index (Phi) is 3.45.